The smallest absolute Gasteiger partial charge is 0.339 e. The maximum Gasteiger partial charge on any atom is 0.339 e. The van der Waals surface area contributed by atoms with Crippen LogP contribution in [0.25, 0.3) is 0 Å². The number of carbonyl (C=O) groups is 3. The maximum absolute atomic E-state index is 13.1. The van der Waals surface area contributed by atoms with Crippen molar-refractivity contribution < 1.29 is 27.5 Å². The summed E-state index contributed by atoms with van der Waals surface area (Å²) in [6.45, 7) is 2.24. The summed E-state index contributed by atoms with van der Waals surface area (Å²) >= 11 is 0. The van der Waals surface area contributed by atoms with E-state index in [-0.39, 0.29) is 35.4 Å². The van der Waals surface area contributed by atoms with E-state index in [4.69, 9.17) is 4.74 Å². The Labute approximate surface area is 199 Å². The van der Waals surface area contributed by atoms with E-state index in [1.807, 2.05) is 30.3 Å². The van der Waals surface area contributed by atoms with E-state index >= 15 is 0 Å². The molecule has 0 radical (unpaired) electrons. The number of hydrogen-bond acceptors (Lipinski definition) is 6. The molecule has 1 heterocycles. The minimum Gasteiger partial charge on any atom is -0.465 e. The molecule has 1 unspecified atom stereocenters. The van der Waals surface area contributed by atoms with Gasteiger partial charge in [0.2, 0.25) is 21.8 Å². The van der Waals surface area contributed by atoms with Gasteiger partial charge in [-0.2, -0.15) is 4.31 Å². The molecule has 0 saturated carbocycles. The van der Waals surface area contributed by atoms with Crippen LogP contribution in [0.2, 0.25) is 0 Å². The second-order valence-electron chi connectivity index (χ2n) is 8.10. The van der Waals surface area contributed by atoms with E-state index in [1.165, 1.54) is 23.5 Å². The molecule has 9 nitrogen and oxygen atoms in total. The first kappa shape index (κ1) is 25.4. The number of ether oxygens (including phenoxy) is 1. The van der Waals surface area contributed by atoms with Crippen molar-refractivity contribution in [1.29, 1.82) is 0 Å². The quantitative estimate of drug-likeness (QED) is 0.547. The van der Waals surface area contributed by atoms with Gasteiger partial charge in [-0.05, 0) is 37.5 Å². The van der Waals surface area contributed by atoms with Crippen LogP contribution >= 0.6 is 0 Å². The van der Waals surface area contributed by atoms with Crippen molar-refractivity contribution in [3.8, 4) is 0 Å². The van der Waals surface area contributed by atoms with E-state index < -0.39 is 28.0 Å². The molecule has 2 amide bonds. The number of nitrogens with one attached hydrogen (secondary N) is 2. The molecule has 1 aliphatic heterocycles. The molecule has 182 valence electrons. The predicted molar refractivity (Wildman–Crippen MR) is 125 cm³/mol. The Kier molecular flexibility index (Phi) is 8.41. The van der Waals surface area contributed by atoms with Gasteiger partial charge in [0.15, 0.2) is 0 Å². The molecule has 0 spiro atoms. The number of amides is 2. The Balaban J connectivity index is 1.54. The van der Waals surface area contributed by atoms with Gasteiger partial charge < -0.3 is 15.4 Å². The minimum absolute atomic E-state index is 0.0276. The lowest BCUT2D eigenvalue weighted by Gasteiger charge is -2.31. The molecule has 1 saturated heterocycles. The SMILES string of the molecule is COC(=O)c1ccccc1S(=O)(=O)N1CCC(C(=O)NC(C)C(=O)NCc2ccccc2)CC1. The Morgan fingerprint density at radius 1 is 1.03 bits per heavy atom. The van der Waals surface area contributed by atoms with E-state index in [0.717, 1.165) is 5.56 Å². The molecular formula is C24H29N3O6S. The van der Waals surface area contributed by atoms with Gasteiger partial charge in [0.25, 0.3) is 0 Å². The lowest BCUT2D eigenvalue weighted by atomic mass is 9.97. The lowest BCUT2D eigenvalue weighted by Crippen LogP contribution is -2.49. The van der Waals surface area contributed by atoms with Crippen molar-refractivity contribution in [3.63, 3.8) is 0 Å². The summed E-state index contributed by atoms with van der Waals surface area (Å²) in [5, 5.41) is 5.51. The van der Waals surface area contributed by atoms with Gasteiger partial charge in [-0.15, -0.1) is 0 Å². The predicted octanol–water partition coefficient (Wildman–Crippen LogP) is 1.70. The van der Waals surface area contributed by atoms with Gasteiger partial charge in [-0.25, -0.2) is 13.2 Å². The molecule has 0 aromatic heterocycles. The number of nitrogens with zero attached hydrogens (tertiary/aromatic N) is 1. The van der Waals surface area contributed by atoms with Crippen LogP contribution in [0.3, 0.4) is 0 Å². The lowest BCUT2D eigenvalue weighted by molar-refractivity contribution is -0.131. The van der Waals surface area contributed by atoms with Crippen LogP contribution in [-0.2, 0) is 30.9 Å². The number of carbonyl (C=O) groups excluding carboxylic acids is 3. The Hall–Kier alpha value is -3.24. The molecule has 1 aliphatic rings. The molecule has 2 N–H and O–H groups in total. The van der Waals surface area contributed by atoms with Gasteiger partial charge in [0.1, 0.15) is 6.04 Å². The van der Waals surface area contributed by atoms with E-state index in [9.17, 15) is 22.8 Å². The molecule has 0 bridgehead atoms. The molecule has 34 heavy (non-hydrogen) atoms. The highest BCUT2D eigenvalue weighted by Gasteiger charge is 2.34. The first-order valence-electron chi connectivity index (χ1n) is 11.0. The number of hydrogen-bond donors (Lipinski definition) is 2. The standard InChI is InChI=1S/C24H29N3O6S/c1-17(22(28)25-16-18-8-4-3-5-9-18)26-23(29)19-12-14-27(15-13-19)34(31,32)21-11-7-6-10-20(21)24(30)33-2/h3-11,17,19H,12-16H2,1-2H3,(H,25,28)(H,26,29). The number of piperidine rings is 1. The fraction of sp³-hybridized carbons (Fsp3) is 0.375. The van der Waals surface area contributed by atoms with Crippen molar-refractivity contribution >= 4 is 27.8 Å². The number of benzene rings is 2. The van der Waals surface area contributed by atoms with Crippen LogP contribution in [0.4, 0.5) is 0 Å². The molecule has 2 aromatic carbocycles. The third-order valence-electron chi connectivity index (χ3n) is 5.80. The highest BCUT2D eigenvalue weighted by Crippen LogP contribution is 2.26. The van der Waals surface area contributed by atoms with Gasteiger partial charge in [0.05, 0.1) is 17.6 Å². The zero-order valence-electron chi connectivity index (χ0n) is 19.2. The highest BCUT2D eigenvalue weighted by molar-refractivity contribution is 7.89. The highest BCUT2D eigenvalue weighted by atomic mass is 32.2. The summed E-state index contributed by atoms with van der Waals surface area (Å²) in [5.74, 6) is -1.72. The van der Waals surface area contributed by atoms with Crippen molar-refractivity contribution in [1.82, 2.24) is 14.9 Å². The van der Waals surface area contributed by atoms with Crippen LogP contribution in [-0.4, -0.2) is 56.7 Å². The summed E-state index contributed by atoms with van der Waals surface area (Å²) in [7, 11) is -2.74. The largest absolute Gasteiger partial charge is 0.465 e. The summed E-state index contributed by atoms with van der Waals surface area (Å²) in [4.78, 5) is 36.9. The summed E-state index contributed by atoms with van der Waals surface area (Å²) in [6, 6.07) is 14.6. The van der Waals surface area contributed by atoms with Crippen LogP contribution in [0.5, 0.6) is 0 Å². The third kappa shape index (κ3) is 6.00. The average molecular weight is 488 g/mol. The van der Waals surface area contributed by atoms with E-state index in [2.05, 4.69) is 10.6 Å². The summed E-state index contributed by atoms with van der Waals surface area (Å²) < 4.78 is 32.2. The normalized spacial score (nSPS) is 15.8. The average Bonchev–Trinajstić information content (AvgIpc) is 2.87. The van der Waals surface area contributed by atoms with Gasteiger partial charge in [-0.1, -0.05) is 42.5 Å². The maximum atomic E-state index is 13.1. The van der Waals surface area contributed by atoms with E-state index in [0.29, 0.717) is 19.4 Å². The Morgan fingerprint density at radius 2 is 1.65 bits per heavy atom. The van der Waals surface area contributed by atoms with Gasteiger partial charge in [0, 0.05) is 25.6 Å². The molecule has 0 aliphatic carbocycles. The third-order valence-corrected chi connectivity index (χ3v) is 7.75. The van der Waals surface area contributed by atoms with Crippen LogP contribution in [0, 0.1) is 5.92 Å². The van der Waals surface area contributed by atoms with Crippen molar-refractivity contribution in [2.75, 3.05) is 20.2 Å². The first-order valence-corrected chi connectivity index (χ1v) is 12.5. The number of methoxy groups -OCH3 is 1. The van der Waals surface area contributed by atoms with Crippen molar-refractivity contribution in [3.05, 3.63) is 65.7 Å². The topological polar surface area (TPSA) is 122 Å². The molecule has 3 rings (SSSR count). The zero-order valence-corrected chi connectivity index (χ0v) is 20.0. The van der Waals surface area contributed by atoms with Crippen molar-refractivity contribution in [2.24, 2.45) is 5.92 Å². The molecule has 10 heteroatoms. The first-order chi connectivity index (χ1) is 16.2. The van der Waals surface area contributed by atoms with Crippen LogP contribution in [0.1, 0.15) is 35.7 Å². The molecule has 1 atom stereocenters. The monoisotopic (exact) mass is 487 g/mol. The second kappa shape index (κ2) is 11.3. The fourth-order valence-corrected chi connectivity index (χ4v) is 5.45. The number of rotatable bonds is 8. The second-order valence-corrected chi connectivity index (χ2v) is 10.0. The molecule has 1 fully saturated rings. The number of sulfonamides is 1. The fourth-order valence-electron chi connectivity index (χ4n) is 3.80. The van der Waals surface area contributed by atoms with Gasteiger partial charge >= 0.3 is 5.97 Å². The van der Waals surface area contributed by atoms with Crippen molar-refractivity contribution in [2.45, 2.75) is 37.2 Å². The molecular weight excluding hydrogens is 458 g/mol. The van der Waals surface area contributed by atoms with E-state index in [1.54, 1.807) is 19.1 Å². The Bertz CT molecular complexity index is 1130. The molecule has 2 aromatic rings. The summed E-state index contributed by atoms with van der Waals surface area (Å²) in [5.41, 5.74) is 0.928. The van der Waals surface area contributed by atoms with Crippen LogP contribution in [0.15, 0.2) is 59.5 Å². The minimum atomic E-state index is -3.93. The van der Waals surface area contributed by atoms with Gasteiger partial charge in [-0.3, -0.25) is 9.59 Å². The number of esters is 1. The summed E-state index contributed by atoms with van der Waals surface area (Å²) in [6.07, 6.45) is 0.619. The zero-order chi connectivity index (χ0) is 24.7. The Morgan fingerprint density at radius 3 is 2.29 bits per heavy atom. The van der Waals surface area contributed by atoms with Crippen LogP contribution < -0.4 is 10.6 Å².